The monoisotopic (exact) mass is 320 g/mol. The van der Waals surface area contributed by atoms with Crippen molar-refractivity contribution in [2.75, 3.05) is 33.8 Å². The Labute approximate surface area is 138 Å². The first kappa shape index (κ1) is 17.8. The number of aliphatic hydroxyl groups is 1. The first-order valence-corrected chi connectivity index (χ1v) is 8.27. The van der Waals surface area contributed by atoms with Crippen LogP contribution in [0.2, 0.25) is 0 Å². The number of amides is 1. The lowest BCUT2D eigenvalue weighted by Gasteiger charge is -2.34. The lowest BCUT2D eigenvalue weighted by molar-refractivity contribution is -0.132. The van der Waals surface area contributed by atoms with Crippen LogP contribution in [-0.4, -0.2) is 60.7 Å². The van der Waals surface area contributed by atoms with E-state index < -0.39 is 0 Å². The molecule has 0 saturated carbocycles. The first-order valence-electron chi connectivity index (χ1n) is 8.27. The van der Waals surface area contributed by atoms with Crippen molar-refractivity contribution in [1.82, 2.24) is 9.80 Å². The van der Waals surface area contributed by atoms with E-state index in [1.54, 1.807) is 12.0 Å². The maximum atomic E-state index is 12.5. The van der Waals surface area contributed by atoms with Crippen LogP contribution in [0.3, 0.4) is 0 Å². The second-order valence-electron chi connectivity index (χ2n) is 6.44. The summed E-state index contributed by atoms with van der Waals surface area (Å²) in [6.07, 6.45) is 1.78. The molecule has 1 aromatic rings. The van der Waals surface area contributed by atoms with Gasteiger partial charge in [-0.1, -0.05) is 18.2 Å². The molecule has 0 aromatic heterocycles. The molecule has 1 aliphatic heterocycles. The zero-order chi connectivity index (χ0) is 16.8. The average Bonchev–Trinajstić information content (AvgIpc) is 2.55. The largest absolute Gasteiger partial charge is 0.496 e. The second-order valence-corrected chi connectivity index (χ2v) is 6.44. The van der Waals surface area contributed by atoms with E-state index in [1.807, 2.05) is 38.2 Å². The van der Waals surface area contributed by atoms with Crippen LogP contribution < -0.4 is 4.74 Å². The molecule has 0 aliphatic carbocycles. The Bertz CT molecular complexity index is 519. The van der Waals surface area contributed by atoms with E-state index in [-0.39, 0.29) is 17.9 Å². The van der Waals surface area contributed by atoms with E-state index in [9.17, 15) is 9.90 Å². The molecule has 5 nitrogen and oxygen atoms in total. The van der Waals surface area contributed by atoms with Gasteiger partial charge in [0.05, 0.1) is 19.8 Å². The third kappa shape index (κ3) is 4.94. The number of likely N-dealkylation sites (N-methyl/N-ethyl adjacent to an activating group) is 1. The fourth-order valence-corrected chi connectivity index (χ4v) is 3.12. The minimum absolute atomic E-state index is 0.0992. The van der Waals surface area contributed by atoms with Crippen molar-refractivity contribution in [1.29, 1.82) is 0 Å². The molecule has 5 heteroatoms. The van der Waals surface area contributed by atoms with Crippen LogP contribution in [0.4, 0.5) is 0 Å². The number of carbonyl (C=O) groups excluding carboxylic acids is 1. The van der Waals surface area contributed by atoms with Crippen molar-refractivity contribution >= 4 is 5.91 Å². The smallest absolute Gasteiger partial charge is 0.236 e. The highest BCUT2D eigenvalue weighted by Crippen LogP contribution is 2.21. The molecule has 0 radical (unpaired) electrons. The lowest BCUT2D eigenvalue weighted by Crippen LogP contribution is -2.45. The molecule has 1 N–H and O–H groups in total. The van der Waals surface area contributed by atoms with Crippen LogP contribution in [0.1, 0.15) is 25.3 Å². The van der Waals surface area contributed by atoms with Crippen molar-refractivity contribution in [3.8, 4) is 5.75 Å². The number of likely N-dealkylation sites (tertiary alicyclic amines) is 1. The van der Waals surface area contributed by atoms with Crippen molar-refractivity contribution < 1.29 is 14.6 Å². The van der Waals surface area contributed by atoms with Crippen LogP contribution in [0.15, 0.2) is 24.3 Å². The van der Waals surface area contributed by atoms with Gasteiger partial charge < -0.3 is 14.7 Å². The number of aliphatic hydroxyl groups excluding tert-OH is 1. The first-order chi connectivity index (χ1) is 11.0. The van der Waals surface area contributed by atoms with Gasteiger partial charge in [0.25, 0.3) is 0 Å². The van der Waals surface area contributed by atoms with Gasteiger partial charge in [0, 0.05) is 25.7 Å². The van der Waals surface area contributed by atoms with Gasteiger partial charge in [0.2, 0.25) is 5.91 Å². The summed E-state index contributed by atoms with van der Waals surface area (Å²) in [5.41, 5.74) is 1.01. The molecule has 0 unspecified atom stereocenters. The minimum atomic E-state index is -0.306. The molecule has 1 aliphatic rings. The maximum absolute atomic E-state index is 12.5. The molecule has 0 bridgehead atoms. The molecule has 0 spiro atoms. The molecule has 1 fully saturated rings. The fraction of sp³-hybridized carbons (Fsp3) is 0.611. The third-order valence-corrected chi connectivity index (χ3v) is 4.61. The Kier molecular flexibility index (Phi) is 6.42. The van der Waals surface area contributed by atoms with Crippen molar-refractivity contribution in [3.05, 3.63) is 29.8 Å². The SMILES string of the molecule is COc1ccccc1CN(C)C(=O)CN1CCC[C@@H]([C@H](C)O)C1. The molecule has 23 heavy (non-hydrogen) atoms. The number of nitrogens with zero attached hydrogens (tertiary/aromatic N) is 2. The van der Waals surface area contributed by atoms with Gasteiger partial charge in [-0.05, 0) is 38.3 Å². The number of hydrogen-bond acceptors (Lipinski definition) is 4. The predicted molar refractivity (Wildman–Crippen MR) is 90.3 cm³/mol. The molecule has 1 heterocycles. The zero-order valence-corrected chi connectivity index (χ0v) is 14.4. The number of ether oxygens (including phenoxy) is 1. The summed E-state index contributed by atoms with van der Waals surface area (Å²) in [6, 6.07) is 7.76. The van der Waals surface area contributed by atoms with Crippen LogP contribution >= 0.6 is 0 Å². The zero-order valence-electron chi connectivity index (χ0n) is 14.4. The van der Waals surface area contributed by atoms with E-state index in [4.69, 9.17) is 4.74 Å². The molecule has 1 saturated heterocycles. The Morgan fingerprint density at radius 1 is 1.48 bits per heavy atom. The van der Waals surface area contributed by atoms with E-state index >= 15 is 0 Å². The number of benzene rings is 1. The van der Waals surface area contributed by atoms with Crippen molar-refractivity contribution in [2.45, 2.75) is 32.4 Å². The van der Waals surface area contributed by atoms with Gasteiger partial charge in [-0.15, -0.1) is 0 Å². The van der Waals surface area contributed by atoms with Crippen LogP contribution in [-0.2, 0) is 11.3 Å². The quantitative estimate of drug-likeness (QED) is 0.867. The van der Waals surface area contributed by atoms with Gasteiger partial charge in [0.15, 0.2) is 0 Å². The summed E-state index contributed by atoms with van der Waals surface area (Å²) in [4.78, 5) is 16.4. The Morgan fingerprint density at radius 3 is 2.91 bits per heavy atom. The number of rotatable bonds is 6. The van der Waals surface area contributed by atoms with E-state index in [0.717, 1.165) is 37.2 Å². The van der Waals surface area contributed by atoms with Crippen LogP contribution in [0.5, 0.6) is 5.75 Å². The lowest BCUT2D eigenvalue weighted by atomic mass is 9.93. The van der Waals surface area contributed by atoms with Crippen molar-refractivity contribution in [3.63, 3.8) is 0 Å². The van der Waals surface area contributed by atoms with Gasteiger partial charge in [0.1, 0.15) is 5.75 Å². The number of hydrogen-bond donors (Lipinski definition) is 1. The standard InChI is InChI=1S/C18H28N2O3/c1-14(21)15-8-6-10-20(12-15)13-18(22)19(2)11-16-7-4-5-9-17(16)23-3/h4-5,7,9,14-15,21H,6,8,10-13H2,1-3H3/t14-,15+/m0/s1. The van der Waals surface area contributed by atoms with Crippen LogP contribution in [0.25, 0.3) is 0 Å². The normalized spacial score (nSPS) is 20.1. The topological polar surface area (TPSA) is 53.0 Å². The highest BCUT2D eigenvalue weighted by Gasteiger charge is 2.25. The number of para-hydroxylation sites is 1. The molecule has 1 aromatic carbocycles. The average molecular weight is 320 g/mol. The highest BCUT2D eigenvalue weighted by atomic mass is 16.5. The molecular formula is C18H28N2O3. The summed E-state index contributed by atoms with van der Waals surface area (Å²) < 4.78 is 5.34. The van der Waals surface area contributed by atoms with Crippen molar-refractivity contribution in [2.24, 2.45) is 5.92 Å². The summed E-state index contributed by atoms with van der Waals surface area (Å²) in [6.45, 7) is 4.51. The van der Waals surface area contributed by atoms with Gasteiger partial charge in [-0.3, -0.25) is 9.69 Å². The summed E-state index contributed by atoms with van der Waals surface area (Å²) >= 11 is 0. The number of methoxy groups -OCH3 is 1. The summed E-state index contributed by atoms with van der Waals surface area (Å²) in [7, 11) is 3.47. The summed E-state index contributed by atoms with van der Waals surface area (Å²) in [5, 5.41) is 9.75. The van der Waals surface area contributed by atoms with E-state index in [0.29, 0.717) is 13.1 Å². The predicted octanol–water partition coefficient (Wildman–Crippen LogP) is 1.75. The Hall–Kier alpha value is -1.59. The fourth-order valence-electron chi connectivity index (χ4n) is 3.12. The molecule has 128 valence electrons. The highest BCUT2D eigenvalue weighted by molar-refractivity contribution is 5.78. The number of carbonyl (C=O) groups is 1. The minimum Gasteiger partial charge on any atom is -0.496 e. The third-order valence-electron chi connectivity index (χ3n) is 4.61. The molecule has 1 amide bonds. The van der Waals surface area contributed by atoms with E-state index in [2.05, 4.69) is 4.90 Å². The summed E-state index contributed by atoms with van der Waals surface area (Å²) in [5.74, 6) is 1.18. The van der Waals surface area contributed by atoms with E-state index in [1.165, 1.54) is 0 Å². The molecular weight excluding hydrogens is 292 g/mol. The van der Waals surface area contributed by atoms with Gasteiger partial charge >= 0.3 is 0 Å². The van der Waals surface area contributed by atoms with Crippen LogP contribution in [0, 0.1) is 5.92 Å². The van der Waals surface area contributed by atoms with Gasteiger partial charge in [-0.25, -0.2) is 0 Å². The van der Waals surface area contributed by atoms with Gasteiger partial charge in [-0.2, -0.15) is 0 Å². The molecule has 2 rings (SSSR count). The maximum Gasteiger partial charge on any atom is 0.236 e. The Morgan fingerprint density at radius 2 is 2.22 bits per heavy atom. The number of piperidine rings is 1. The molecule has 2 atom stereocenters. The Balaban J connectivity index is 1.90. The second kappa shape index (κ2) is 8.31.